The molecule has 1 aromatic heterocycles. The zero-order valence-corrected chi connectivity index (χ0v) is 11.7. The number of aliphatic hydroxyl groups is 1. The van der Waals surface area contributed by atoms with E-state index in [0.717, 1.165) is 27.9 Å². The molecule has 3 heteroatoms. The molecular formula is C18H15NO2. The topological polar surface area (TPSA) is 42.4 Å². The van der Waals surface area contributed by atoms with Gasteiger partial charge in [0.15, 0.2) is 0 Å². The number of para-hydroxylation sites is 1. The van der Waals surface area contributed by atoms with Crippen LogP contribution in [0.15, 0.2) is 60.7 Å². The van der Waals surface area contributed by atoms with Crippen LogP contribution in [-0.2, 0) is 0 Å². The average molecular weight is 277 g/mol. The maximum atomic E-state index is 10.2. The summed E-state index contributed by atoms with van der Waals surface area (Å²) < 4.78 is 5.10. The van der Waals surface area contributed by atoms with E-state index in [0.29, 0.717) is 0 Å². The zero-order chi connectivity index (χ0) is 14.7. The third kappa shape index (κ3) is 2.87. The molecule has 3 aromatic rings. The third-order valence-corrected chi connectivity index (χ3v) is 3.29. The minimum atomic E-state index is 0.181. The van der Waals surface area contributed by atoms with Crippen molar-refractivity contribution in [2.24, 2.45) is 0 Å². The number of pyridine rings is 1. The molecule has 0 spiro atoms. The summed E-state index contributed by atoms with van der Waals surface area (Å²) in [6, 6.07) is 19.0. The van der Waals surface area contributed by atoms with Gasteiger partial charge in [0.2, 0.25) is 0 Å². The Balaban J connectivity index is 1.94. The Labute approximate surface area is 123 Å². The summed E-state index contributed by atoms with van der Waals surface area (Å²) in [5, 5.41) is 11.3. The summed E-state index contributed by atoms with van der Waals surface area (Å²) in [6.07, 6.45) is 1.66. The molecule has 1 N–H and O–H groups in total. The Morgan fingerprint density at radius 3 is 2.52 bits per heavy atom. The minimum absolute atomic E-state index is 0.181. The molecular weight excluding hydrogens is 262 g/mol. The summed E-state index contributed by atoms with van der Waals surface area (Å²) in [4.78, 5) is 4.51. The first-order valence-corrected chi connectivity index (χ1v) is 6.67. The molecule has 104 valence electrons. The Morgan fingerprint density at radius 2 is 1.76 bits per heavy atom. The van der Waals surface area contributed by atoms with Gasteiger partial charge in [-0.05, 0) is 36.4 Å². The summed E-state index contributed by atoms with van der Waals surface area (Å²) in [7, 11) is 1.61. The molecule has 0 aliphatic carbocycles. The van der Waals surface area contributed by atoms with Crippen molar-refractivity contribution in [3.63, 3.8) is 0 Å². The van der Waals surface area contributed by atoms with Crippen LogP contribution in [0.5, 0.6) is 5.75 Å². The van der Waals surface area contributed by atoms with Crippen molar-refractivity contribution in [1.29, 1.82) is 0 Å². The van der Waals surface area contributed by atoms with Crippen LogP contribution in [0.25, 0.3) is 22.7 Å². The lowest BCUT2D eigenvalue weighted by atomic mass is 10.1. The van der Waals surface area contributed by atoms with Crippen LogP contribution in [0.4, 0.5) is 0 Å². The Kier molecular flexibility index (Phi) is 3.56. The van der Waals surface area contributed by atoms with Gasteiger partial charge in [0.1, 0.15) is 11.5 Å². The highest BCUT2D eigenvalue weighted by molar-refractivity contribution is 5.82. The van der Waals surface area contributed by atoms with Crippen molar-refractivity contribution >= 4 is 22.7 Å². The van der Waals surface area contributed by atoms with Gasteiger partial charge in [0, 0.05) is 17.0 Å². The van der Waals surface area contributed by atoms with Gasteiger partial charge in [-0.3, -0.25) is 0 Å². The van der Waals surface area contributed by atoms with Crippen LogP contribution >= 0.6 is 0 Å². The first-order chi connectivity index (χ1) is 10.3. The number of hydrogen-bond donors (Lipinski definition) is 1. The van der Waals surface area contributed by atoms with Crippen LogP contribution in [0, 0.1) is 0 Å². The minimum Gasteiger partial charge on any atom is -0.507 e. The van der Waals surface area contributed by atoms with Crippen LogP contribution in [0.2, 0.25) is 0 Å². The molecule has 0 atom stereocenters. The van der Waals surface area contributed by atoms with Gasteiger partial charge < -0.3 is 9.84 Å². The molecule has 0 fully saturated rings. The number of fused-ring (bicyclic) bond motifs is 1. The molecule has 2 aromatic carbocycles. The third-order valence-electron chi connectivity index (χ3n) is 3.29. The van der Waals surface area contributed by atoms with Crippen molar-refractivity contribution < 1.29 is 9.84 Å². The molecule has 0 unspecified atom stereocenters. The van der Waals surface area contributed by atoms with Gasteiger partial charge in [0.05, 0.1) is 18.3 Å². The lowest BCUT2D eigenvalue weighted by Crippen LogP contribution is -1.88. The molecule has 0 saturated carbocycles. The lowest BCUT2D eigenvalue weighted by molar-refractivity contribution is 0.414. The van der Waals surface area contributed by atoms with E-state index in [2.05, 4.69) is 4.98 Å². The van der Waals surface area contributed by atoms with Gasteiger partial charge in [-0.1, -0.05) is 24.3 Å². The van der Waals surface area contributed by atoms with E-state index in [4.69, 9.17) is 4.74 Å². The molecule has 0 radical (unpaired) electrons. The second-order valence-electron chi connectivity index (χ2n) is 4.69. The van der Waals surface area contributed by atoms with Crippen molar-refractivity contribution in [3.05, 3.63) is 71.9 Å². The van der Waals surface area contributed by atoms with Crippen LogP contribution < -0.4 is 4.74 Å². The quantitative estimate of drug-likeness (QED) is 0.726. The van der Waals surface area contributed by atoms with Crippen LogP contribution in [-0.4, -0.2) is 17.2 Å². The number of benzene rings is 2. The van der Waals surface area contributed by atoms with E-state index in [1.54, 1.807) is 13.2 Å². The number of methoxy groups -OCH3 is 1. The average Bonchev–Trinajstić information content (AvgIpc) is 2.55. The molecule has 3 nitrogen and oxygen atoms in total. The van der Waals surface area contributed by atoms with Gasteiger partial charge in [0.25, 0.3) is 0 Å². The second-order valence-corrected chi connectivity index (χ2v) is 4.69. The highest BCUT2D eigenvalue weighted by atomic mass is 16.5. The van der Waals surface area contributed by atoms with Gasteiger partial charge >= 0.3 is 0 Å². The predicted octanol–water partition coefficient (Wildman–Crippen LogP) is 4.30. The molecule has 1 heterocycles. The molecule has 0 aliphatic heterocycles. The number of rotatable bonds is 3. The monoisotopic (exact) mass is 277 g/mol. The van der Waals surface area contributed by atoms with Gasteiger partial charge in [-0.15, -0.1) is 0 Å². The predicted molar refractivity (Wildman–Crippen MR) is 85.2 cm³/mol. The fourth-order valence-electron chi connectivity index (χ4n) is 2.15. The lowest BCUT2D eigenvalue weighted by Gasteiger charge is -2.03. The molecule has 0 saturated heterocycles. The molecule has 0 bridgehead atoms. The SMILES string of the molecule is COc1ccc(/C(O)=C/c2ccc3ccccc3n2)cc1. The first-order valence-electron chi connectivity index (χ1n) is 6.67. The van der Waals surface area contributed by atoms with Crippen LogP contribution in [0.3, 0.4) is 0 Å². The Hall–Kier alpha value is -2.81. The fourth-order valence-corrected chi connectivity index (χ4v) is 2.15. The number of aliphatic hydroxyl groups excluding tert-OH is 1. The van der Waals surface area contributed by atoms with Gasteiger partial charge in [-0.25, -0.2) is 4.98 Å². The number of ether oxygens (including phenoxy) is 1. The second kappa shape index (κ2) is 5.67. The summed E-state index contributed by atoms with van der Waals surface area (Å²) in [6.45, 7) is 0. The van der Waals surface area contributed by atoms with Gasteiger partial charge in [-0.2, -0.15) is 0 Å². The largest absolute Gasteiger partial charge is 0.507 e. The van der Waals surface area contributed by atoms with Crippen LogP contribution in [0.1, 0.15) is 11.3 Å². The highest BCUT2D eigenvalue weighted by Gasteiger charge is 2.02. The summed E-state index contributed by atoms with van der Waals surface area (Å²) in [5.74, 6) is 0.941. The Bertz CT molecular complexity index is 792. The maximum Gasteiger partial charge on any atom is 0.124 e. The molecule has 21 heavy (non-hydrogen) atoms. The summed E-state index contributed by atoms with van der Waals surface area (Å²) in [5.41, 5.74) is 2.36. The zero-order valence-electron chi connectivity index (χ0n) is 11.7. The van der Waals surface area contributed by atoms with Crippen molar-refractivity contribution in [3.8, 4) is 5.75 Å². The number of nitrogens with zero attached hydrogens (tertiary/aromatic N) is 1. The molecule has 0 aliphatic rings. The van der Waals surface area contributed by atoms with E-state index in [9.17, 15) is 5.11 Å². The smallest absolute Gasteiger partial charge is 0.124 e. The first kappa shape index (κ1) is 13.2. The number of aromatic nitrogens is 1. The standard InChI is InChI=1S/C18H15NO2/c1-21-16-10-7-14(8-11-16)18(20)12-15-9-6-13-4-2-3-5-17(13)19-15/h2-12,20H,1H3/b18-12-. The number of hydrogen-bond acceptors (Lipinski definition) is 3. The van der Waals surface area contributed by atoms with Crippen molar-refractivity contribution in [2.45, 2.75) is 0 Å². The van der Waals surface area contributed by atoms with Crippen molar-refractivity contribution in [2.75, 3.05) is 7.11 Å². The van der Waals surface area contributed by atoms with E-state index in [1.807, 2.05) is 60.7 Å². The van der Waals surface area contributed by atoms with E-state index >= 15 is 0 Å². The van der Waals surface area contributed by atoms with E-state index in [1.165, 1.54) is 0 Å². The fraction of sp³-hybridized carbons (Fsp3) is 0.0556. The maximum absolute atomic E-state index is 10.2. The Morgan fingerprint density at radius 1 is 1.00 bits per heavy atom. The molecule has 0 amide bonds. The molecule has 3 rings (SSSR count). The van der Waals surface area contributed by atoms with E-state index in [-0.39, 0.29) is 5.76 Å². The summed E-state index contributed by atoms with van der Waals surface area (Å²) >= 11 is 0. The van der Waals surface area contributed by atoms with E-state index < -0.39 is 0 Å². The highest BCUT2D eigenvalue weighted by Crippen LogP contribution is 2.19. The van der Waals surface area contributed by atoms with Crippen molar-refractivity contribution in [1.82, 2.24) is 4.98 Å². The normalized spacial score (nSPS) is 11.6.